The second-order valence-electron chi connectivity index (χ2n) is 5.30. The smallest absolute Gasteiger partial charge is 0.272 e. The van der Waals surface area contributed by atoms with Crippen molar-refractivity contribution in [3.63, 3.8) is 0 Å². The molecule has 2 rings (SSSR count). The Hall–Kier alpha value is -1.58. The fourth-order valence-corrected chi connectivity index (χ4v) is 2.72. The number of hydrogen-bond donors (Lipinski definition) is 1. The molecule has 1 N–H and O–H groups in total. The zero-order chi connectivity index (χ0) is 13.7. The summed E-state index contributed by atoms with van der Waals surface area (Å²) < 4.78 is 0. The Balaban J connectivity index is 1.99. The lowest BCUT2D eigenvalue weighted by molar-refractivity contribution is 0.0767. The Morgan fingerprint density at radius 2 is 2.21 bits per heavy atom. The molecule has 1 aliphatic rings. The van der Waals surface area contributed by atoms with Crippen LogP contribution in [0.4, 0.5) is 5.69 Å². The van der Waals surface area contributed by atoms with Gasteiger partial charge in [0.25, 0.3) is 5.91 Å². The number of hydrogen-bond acceptors (Lipinski definition) is 3. The molecule has 0 saturated heterocycles. The molecule has 0 atom stereocenters. The minimum atomic E-state index is 0.0200. The van der Waals surface area contributed by atoms with Crippen LogP contribution in [0.3, 0.4) is 0 Å². The summed E-state index contributed by atoms with van der Waals surface area (Å²) in [6, 6.07) is 3.72. The minimum Gasteiger partial charge on any atom is -0.385 e. The maximum absolute atomic E-state index is 12.3. The molecule has 19 heavy (non-hydrogen) atoms. The molecular formula is C15H23N3O. The lowest BCUT2D eigenvalue weighted by Crippen LogP contribution is -2.31. The van der Waals surface area contributed by atoms with Crippen molar-refractivity contribution in [2.24, 2.45) is 5.92 Å². The molecule has 1 saturated carbocycles. The number of anilines is 1. The van der Waals surface area contributed by atoms with E-state index in [9.17, 15) is 4.79 Å². The zero-order valence-electron chi connectivity index (χ0n) is 11.9. The number of rotatable bonds is 5. The molecule has 0 unspecified atom stereocenters. The van der Waals surface area contributed by atoms with E-state index in [0.29, 0.717) is 11.6 Å². The lowest BCUT2D eigenvalue weighted by Gasteiger charge is -2.20. The van der Waals surface area contributed by atoms with Crippen LogP contribution in [0.5, 0.6) is 0 Å². The Labute approximate surface area is 115 Å². The van der Waals surface area contributed by atoms with E-state index in [1.807, 2.05) is 31.0 Å². The van der Waals surface area contributed by atoms with Crippen molar-refractivity contribution < 1.29 is 4.79 Å². The fraction of sp³-hybridized carbons (Fsp3) is 0.600. The Morgan fingerprint density at radius 3 is 2.89 bits per heavy atom. The molecule has 1 aromatic heterocycles. The Kier molecular flexibility index (Phi) is 4.77. The van der Waals surface area contributed by atoms with Crippen molar-refractivity contribution >= 4 is 11.6 Å². The maximum Gasteiger partial charge on any atom is 0.272 e. The number of amides is 1. The molecule has 0 aromatic carbocycles. The first kappa shape index (κ1) is 13.8. The summed E-state index contributed by atoms with van der Waals surface area (Å²) in [7, 11) is 1.88. The molecule has 4 nitrogen and oxygen atoms in total. The summed E-state index contributed by atoms with van der Waals surface area (Å²) in [5.74, 6) is 0.692. The second-order valence-corrected chi connectivity index (χ2v) is 5.30. The van der Waals surface area contributed by atoms with Gasteiger partial charge in [-0.05, 0) is 37.8 Å². The van der Waals surface area contributed by atoms with Gasteiger partial charge in [0.15, 0.2) is 0 Å². The highest BCUT2D eigenvalue weighted by Crippen LogP contribution is 2.25. The zero-order valence-corrected chi connectivity index (χ0v) is 11.9. The summed E-state index contributed by atoms with van der Waals surface area (Å²) in [6.07, 6.45) is 6.81. The molecule has 1 heterocycles. The average molecular weight is 261 g/mol. The molecule has 0 radical (unpaired) electrons. The van der Waals surface area contributed by atoms with Crippen LogP contribution in [-0.4, -0.2) is 35.9 Å². The summed E-state index contributed by atoms with van der Waals surface area (Å²) >= 11 is 0. The third-order valence-electron chi connectivity index (χ3n) is 3.71. The summed E-state index contributed by atoms with van der Waals surface area (Å²) in [4.78, 5) is 18.3. The number of nitrogens with one attached hydrogen (secondary N) is 1. The van der Waals surface area contributed by atoms with Gasteiger partial charge in [0.1, 0.15) is 5.69 Å². The first-order valence-corrected chi connectivity index (χ1v) is 7.16. The van der Waals surface area contributed by atoms with Crippen LogP contribution >= 0.6 is 0 Å². The lowest BCUT2D eigenvalue weighted by atomic mass is 10.1. The second kappa shape index (κ2) is 6.55. The highest BCUT2D eigenvalue weighted by molar-refractivity contribution is 5.92. The van der Waals surface area contributed by atoms with E-state index in [1.54, 1.807) is 6.20 Å². The topological polar surface area (TPSA) is 45.2 Å². The Bertz CT molecular complexity index is 427. The van der Waals surface area contributed by atoms with Crippen molar-refractivity contribution in [2.75, 3.05) is 25.5 Å². The molecule has 0 spiro atoms. The molecule has 1 aliphatic carbocycles. The number of carbonyl (C=O) groups excluding carboxylic acids is 1. The highest BCUT2D eigenvalue weighted by Gasteiger charge is 2.20. The third kappa shape index (κ3) is 3.69. The van der Waals surface area contributed by atoms with Gasteiger partial charge in [-0.1, -0.05) is 12.8 Å². The first-order valence-electron chi connectivity index (χ1n) is 7.16. The summed E-state index contributed by atoms with van der Waals surface area (Å²) in [5.41, 5.74) is 1.48. The van der Waals surface area contributed by atoms with Gasteiger partial charge >= 0.3 is 0 Å². The van der Waals surface area contributed by atoms with E-state index in [4.69, 9.17) is 0 Å². The van der Waals surface area contributed by atoms with Crippen LogP contribution in [0.15, 0.2) is 18.3 Å². The normalized spacial score (nSPS) is 15.5. The largest absolute Gasteiger partial charge is 0.385 e. The summed E-state index contributed by atoms with van der Waals surface area (Å²) in [6.45, 7) is 3.73. The van der Waals surface area contributed by atoms with E-state index in [2.05, 4.69) is 10.3 Å². The van der Waals surface area contributed by atoms with Crippen molar-refractivity contribution in [2.45, 2.75) is 32.6 Å². The monoisotopic (exact) mass is 261 g/mol. The minimum absolute atomic E-state index is 0.0200. The molecule has 4 heteroatoms. The standard InChI is InChI=1S/C15H23N3O/c1-3-16-13-8-9-17-14(10-13)15(19)18(2)11-12-6-4-5-7-12/h8-10,12H,3-7,11H2,1-2H3,(H,16,17). The van der Waals surface area contributed by atoms with Gasteiger partial charge in [-0.25, -0.2) is 0 Å². The van der Waals surface area contributed by atoms with Crippen LogP contribution in [-0.2, 0) is 0 Å². The van der Waals surface area contributed by atoms with Crippen LogP contribution < -0.4 is 5.32 Å². The van der Waals surface area contributed by atoms with Crippen molar-refractivity contribution in [1.82, 2.24) is 9.88 Å². The number of aromatic nitrogens is 1. The van der Waals surface area contributed by atoms with Gasteiger partial charge in [-0.15, -0.1) is 0 Å². The quantitative estimate of drug-likeness (QED) is 0.886. The summed E-state index contributed by atoms with van der Waals surface area (Å²) in [5, 5.41) is 3.20. The van der Waals surface area contributed by atoms with Gasteiger partial charge in [0.2, 0.25) is 0 Å². The van der Waals surface area contributed by atoms with Crippen molar-refractivity contribution in [3.8, 4) is 0 Å². The fourth-order valence-electron chi connectivity index (χ4n) is 2.72. The van der Waals surface area contributed by atoms with E-state index < -0.39 is 0 Å². The van der Waals surface area contributed by atoms with Gasteiger partial charge in [0, 0.05) is 32.0 Å². The SMILES string of the molecule is CCNc1ccnc(C(=O)N(C)CC2CCCC2)c1. The van der Waals surface area contributed by atoms with Gasteiger partial charge < -0.3 is 10.2 Å². The van der Waals surface area contributed by atoms with Crippen LogP contribution in [0.25, 0.3) is 0 Å². The van der Waals surface area contributed by atoms with Gasteiger partial charge in [0.05, 0.1) is 0 Å². The molecule has 104 valence electrons. The van der Waals surface area contributed by atoms with E-state index in [1.165, 1.54) is 25.7 Å². The molecular weight excluding hydrogens is 238 g/mol. The number of nitrogens with zero attached hydrogens (tertiary/aromatic N) is 2. The van der Waals surface area contributed by atoms with Gasteiger partial charge in [-0.2, -0.15) is 0 Å². The van der Waals surface area contributed by atoms with E-state index >= 15 is 0 Å². The molecule has 0 bridgehead atoms. The molecule has 1 fully saturated rings. The van der Waals surface area contributed by atoms with Crippen LogP contribution in [0.2, 0.25) is 0 Å². The highest BCUT2D eigenvalue weighted by atomic mass is 16.2. The van der Waals surface area contributed by atoms with Crippen LogP contribution in [0, 0.1) is 5.92 Å². The van der Waals surface area contributed by atoms with Crippen molar-refractivity contribution in [3.05, 3.63) is 24.0 Å². The van der Waals surface area contributed by atoms with E-state index in [0.717, 1.165) is 18.8 Å². The van der Waals surface area contributed by atoms with Crippen LogP contribution in [0.1, 0.15) is 43.1 Å². The molecule has 0 aliphatic heterocycles. The molecule has 1 amide bonds. The maximum atomic E-state index is 12.3. The van der Waals surface area contributed by atoms with Gasteiger partial charge in [-0.3, -0.25) is 9.78 Å². The Morgan fingerprint density at radius 1 is 1.47 bits per heavy atom. The molecule has 1 aromatic rings. The van der Waals surface area contributed by atoms with Crippen molar-refractivity contribution in [1.29, 1.82) is 0 Å². The average Bonchev–Trinajstić information content (AvgIpc) is 2.91. The predicted octanol–water partition coefficient (Wildman–Crippen LogP) is 2.78. The third-order valence-corrected chi connectivity index (χ3v) is 3.71. The van der Waals surface area contributed by atoms with E-state index in [-0.39, 0.29) is 5.91 Å². The number of pyridine rings is 1. The predicted molar refractivity (Wildman–Crippen MR) is 77.3 cm³/mol. The number of carbonyl (C=O) groups is 1. The first-order chi connectivity index (χ1) is 9.20.